The van der Waals surface area contributed by atoms with Crippen molar-refractivity contribution in [2.75, 3.05) is 6.54 Å². The van der Waals surface area contributed by atoms with Gasteiger partial charge in [0.15, 0.2) is 0 Å². The molecule has 2 saturated carbocycles. The number of nitrogens with one attached hydrogen (secondary N) is 1. The van der Waals surface area contributed by atoms with Crippen LogP contribution in [0.2, 0.25) is 5.02 Å². The number of hydrogen-bond acceptors (Lipinski definition) is 1. The summed E-state index contributed by atoms with van der Waals surface area (Å²) in [5, 5.41) is 4.63. The van der Waals surface area contributed by atoms with Crippen LogP contribution >= 0.6 is 11.6 Å². The molecular formula is C16H22ClN. The van der Waals surface area contributed by atoms with Gasteiger partial charge in [-0.25, -0.2) is 0 Å². The van der Waals surface area contributed by atoms with E-state index in [0.29, 0.717) is 5.92 Å². The molecule has 0 spiro atoms. The van der Waals surface area contributed by atoms with Gasteiger partial charge in [0, 0.05) is 11.1 Å². The van der Waals surface area contributed by atoms with Crippen LogP contribution in [0.15, 0.2) is 24.3 Å². The molecule has 2 fully saturated rings. The van der Waals surface area contributed by atoms with Gasteiger partial charge in [0.1, 0.15) is 0 Å². The number of benzene rings is 1. The normalized spacial score (nSPS) is 27.6. The SMILES string of the molecule is Clc1ccccc1C1CC(NCCC2CCC2)C1. The molecule has 2 heteroatoms. The van der Waals surface area contributed by atoms with Crippen molar-refractivity contribution < 1.29 is 0 Å². The van der Waals surface area contributed by atoms with Crippen LogP contribution in [-0.2, 0) is 0 Å². The maximum absolute atomic E-state index is 6.23. The number of hydrogen-bond donors (Lipinski definition) is 1. The quantitative estimate of drug-likeness (QED) is 0.832. The first-order chi connectivity index (χ1) is 8.83. The van der Waals surface area contributed by atoms with E-state index in [0.717, 1.165) is 17.0 Å². The summed E-state index contributed by atoms with van der Waals surface area (Å²) in [6.07, 6.45) is 8.29. The van der Waals surface area contributed by atoms with Crippen LogP contribution in [0.5, 0.6) is 0 Å². The minimum atomic E-state index is 0.680. The Morgan fingerprint density at radius 3 is 2.61 bits per heavy atom. The van der Waals surface area contributed by atoms with Crippen LogP contribution in [0.4, 0.5) is 0 Å². The second-order valence-corrected chi connectivity index (χ2v) is 6.33. The minimum absolute atomic E-state index is 0.680. The van der Waals surface area contributed by atoms with Crippen LogP contribution in [0.25, 0.3) is 0 Å². The monoisotopic (exact) mass is 263 g/mol. The minimum Gasteiger partial charge on any atom is -0.314 e. The predicted octanol–water partition coefficient (Wildman–Crippen LogP) is 4.37. The molecule has 0 amide bonds. The zero-order chi connectivity index (χ0) is 12.4. The van der Waals surface area contributed by atoms with E-state index in [1.165, 1.54) is 50.6 Å². The van der Waals surface area contributed by atoms with Crippen molar-refractivity contribution in [3.05, 3.63) is 34.9 Å². The molecule has 0 aromatic heterocycles. The predicted molar refractivity (Wildman–Crippen MR) is 77.2 cm³/mol. The average Bonchev–Trinajstić information content (AvgIpc) is 2.26. The highest BCUT2D eigenvalue weighted by atomic mass is 35.5. The Bertz CT molecular complexity index is 394. The van der Waals surface area contributed by atoms with E-state index < -0.39 is 0 Å². The highest BCUT2D eigenvalue weighted by molar-refractivity contribution is 6.31. The van der Waals surface area contributed by atoms with Crippen molar-refractivity contribution in [2.24, 2.45) is 5.92 Å². The zero-order valence-electron chi connectivity index (χ0n) is 10.9. The van der Waals surface area contributed by atoms with E-state index in [4.69, 9.17) is 11.6 Å². The number of halogens is 1. The van der Waals surface area contributed by atoms with E-state index in [2.05, 4.69) is 17.4 Å². The van der Waals surface area contributed by atoms with Gasteiger partial charge in [-0.2, -0.15) is 0 Å². The first-order valence-electron chi connectivity index (χ1n) is 7.30. The molecule has 18 heavy (non-hydrogen) atoms. The van der Waals surface area contributed by atoms with E-state index >= 15 is 0 Å². The molecule has 0 aliphatic heterocycles. The van der Waals surface area contributed by atoms with Gasteiger partial charge in [-0.15, -0.1) is 0 Å². The van der Waals surface area contributed by atoms with Gasteiger partial charge < -0.3 is 5.32 Å². The topological polar surface area (TPSA) is 12.0 Å². The Hall–Kier alpha value is -0.530. The van der Waals surface area contributed by atoms with Gasteiger partial charge in [-0.3, -0.25) is 0 Å². The van der Waals surface area contributed by atoms with Crippen LogP contribution in [0.1, 0.15) is 50.0 Å². The summed E-state index contributed by atoms with van der Waals surface area (Å²) in [5.41, 5.74) is 1.34. The fraction of sp³-hybridized carbons (Fsp3) is 0.625. The van der Waals surface area contributed by atoms with Crippen molar-refractivity contribution >= 4 is 11.6 Å². The first-order valence-corrected chi connectivity index (χ1v) is 7.68. The third kappa shape index (κ3) is 2.73. The third-order valence-corrected chi connectivity index (χ3v) is 5.04. The van der Waals surface area contributed by atoms with E-state index in [9.17, 15) is 0 Å². The molecule has 1 N–H and O–H groups in total. The summed E-state index contributed by atoms with van der Waals surface area (Å²) in [5.74, 6) is 1.71. The molecule has 0 radical (unpaired) electrons. The molecule has 1 nitrogen and oxygen atoms in total. The maximum Gasteiger partial charge on any atom is 0.0440 e. The van der Waals surface area contributed by atoms with Crippen LogP contribution in [-0.4, -0.2) is 12.6 Å². The summed E-state index contributed by atoms with van der Waals surface area (Å²) in [7, 11) is 0. The highest BCUT2D eigenvalue weighted by Gasteiger charge is 2.31. The lowest BCUT2D eigenvalue weighted by Gasteiger charge is -2.37. The second-order valence-electron chi connectivity index (χ2n) is 5.93. The average molecular weight is 264 g/mol. The molecule has 0 atom stereocenters. The Kier molecular flexibility index (Phi) is 3.91. The maximum atomic E-state index is 6.23. The van der Waals surface area contributed by atoms with Crippen molar-refractivity contribution in [3.8, 4) is 0 Å². The molecular weight excluding hydrogens is 242 g/mol. The van der Waals surface area contributed by atoms with Crippen LogP contribution in [0.3, 0.4) is 0 Å². The highest BCUT2D eigenvalue weighted by Crippen LogP contribution is 2.40. The Balaban J connectivity index is 1.39. The molecule has 2 aliphatic rings. The Labute approximate surface area is 115 Å². The van der Waals surface area contributed by atoms with Crippen molar-refractivity contribution in [2.45, 2.75) is 50.5 Å². The van der Waals surface area contributed by atoms with Crippen molar-refractivity contribution in [1.82, 2.24) is 5.32 Å². The lowest BCUT2D eigenvalue weighted by atomic mass is 9.75. The van der Waals surface area contributed by atoms with E-state index in [1.807, 2.05) is 12.1 Å². The van der Waals surface area contributed by atoms with Gasteiger partial charge in [-0.1, -0.05) is 49.1 Å². The molecule has 2 aliphatic carbocycles. The fourth-order valence-corrected chi connectivity index (χ4v) is 3.41. The van der Waals surface area contributed by atoms with E-state index in [-0.39, 0.29) is 0 Å². The standard InChI is InChI=1S/C16H22ClN/c17-16-7-2-1-6-15(16)13-10-14(11-13)18-9-8-12-4-3-5-12/h1-2,6-7,12-14,18H,3-5,8-11H2. The molecule has 1 aromatic rings. The Morgan fingerprint density at radius 1 is 1.17 bits per heavy atom. The largest absolute Gasteiger partial charge is 0.314 e. The number of rotatable bonds is 5. The van der Waals surface area contributed by atoms with Gasteiger partial charge in [0.05, 0.1) is 0 Å². The lowest BCUT2D eigenvalue weighted by molar-refractivity contribution is 0.254. The summed E-state index contributed by atoms with van der Waals surface area (Å²) >= 11 is 6.23. The van der Waals surface area contributed by atoms with Gasteiger partial charge >= 0.3 is 0 Å². The molecule has 0 heterocycles. The van der Waals surface area contributed by atoms with Gasteiger partial charge in [0.2, 0.25) is 0 Å². The smallest absolute Gasteiger partial charge is 0.0440 e. The van der Waals surface area contributed by atoms with Crippen molar-refractivity contribution in [1.29, 1.82) is 0 Å². The summed E-state index contributed by atoms with van der Waals surface area (Å²) in [4.78, 5) is 0. The molecule has 1 aromatic carbocycles. The first kappa shape index (κ1) is 12.5. The van der Waals surface area contributed by atoms with Crippen LogP contribution in [0, 0.1) is 5.92 Å². The van der Waals surface area contributed by atoms with Gasteiger partial charge in [0.25, 0.3) is 0 Å². The molecule has 3 rings (SSSR count). The molecule has 0 saturated heterocycles. The Morgan fingerprint density at radius 2 is 1.94 bits per heavy atom. The summed E-state index contributed by atoms with van der Waals surface area (Å²) in [6, 6.07) is 9.02. The van der Waals surface area contributed by atoms with Crippen LogP contribution < -0.4 is 5.32 Å². The van der Waals surface area contributed by atoms with Crippen molar-refractivity contribution in [3.63, 3.8) is 0 Å². The van der Waals surface area contributed by atoms with Gasteiger partial charge in [-0.05, 0) is 49.3 Å². The molecule has 0 unspecified atom stereocenters. The summed E-state index contributed by atoms with van der Waals surface area (Å²) < 4.78 is 0. The molecule has 98 valence electrons. The fourth-order valence-electron chi connectivity index (χ4n) is 3.12. The molecule has 0 bridgehead atoms. The summed E-state index contributed by atoms with van der Waals surface area (Å²) in [6.45, 7) is 1.21. The second kappa shape index (κ2) is 5.63. The zero-order valence-corrected chi connectivity index (χ0v) is 11.6. The lowest BCUT2D eigenvalue weighted by Crippen LogP contribution is -2.41. The van der Waals surface area contributed by atoms with E-state index in [1.54, 1.807) is 0 Å². The third-order valence-electron chi connectivity index (χ3n) is 4.69.